The minimum Gasteiger partial charge on any atom is -0.444 e. The first-order chi connectivity index (χ1) is 8.89. The molecular weight excluding hydrogens is 260 g/mol. The molecule has 0 bridgehead atoms. The van der Waals surface area contributed by atoms with Crippen LogP contribution in [0, 0.1) is 0 Å². The first-order valence-electron chi connectivity index (χ1n) is 7.16. The van der Waals surface area contributed by atoms with Crippen LogP contribution in [0.15, 0.2) is 0 Å². The van der Waals surface area contributed by atoms with Gasteiger partial charge in [-0.25, -0.2) is 4.79 Å². The van der Waals surface area contributed by atoms with Gasteiger partial charge in [0.1, 0.15) is 5.60 Å². The summed E-state index contributed by atoms with van der Waals surface area (Å²) in [5, 5.41) is 2.81. The van der Waals surface area contributed by atoms with E-state index in [9.17, 15) is 4.79 Å². The first kappa shape index (κ1) is 18.6. The molecule has 1 amide bonds. The summed E-state index contributed by atoms with van der Waals surface area (Å²) in [6, 6.07) is 0. The number of carbonyl (C=O) groups is 1. The lowest BCUT2D eigenvalue weighted by molar-refractivity contribution is 0.0522. The third kappa shape index (κ3) is 12.4. The standard InChI is InChI=1S/C14H30N2O2S/c1-6-9-16(11-12-19-7-2)10-8-15-13(17)18-14(3,4)5/h6-12H2,1-5H3,(H,15,17). The topological polar surface area (TPSA) is 41.6 Å². The van der Waals surface area contributed by atoms with E-state index >= 15 is 0 Å². The Morgan fingerprint density at radius 3 is 2.42 bits per heavy atom. The lowest BCUT2D eigenvalue weighted by Crippen LogP contribution is -2.39. The van der Waals surface area contributed by atoms with Gasteiger partial charge in [-0.1, -0.05) is 13.8 Å². The van der Waals surface area contributed by atoms with Gasteiger partial charge in [0.15, 0.2) is 0 Å². The monoisotopic (exact) mass is 290 g/mol. The van der Waals surface area contributed by atoms with Crippen LogP contribution in [0.25, 0.3) is 0 Å². The van der Waals surface area contributed by atoms with E-state index in [1.54, 1.807) is 0 Å². The Kier molecular flexibility index (Phi) is 10.1. The average molecular weight is 290 g/mol. The van der Waals surface area contributed by atoms with Crippen LogP contribution in [0.1, 0.15) is 41.0 Å². The van der Waals surface area contributed by atoms with Crippen LogP contribution < -0.4 is 5.32 Å². The third-order valence-corrected chi connectivity index (χ3v) is 3.27. The molecule has 0 atom stereocenters. The molecule has 0 aliphatic carbocycles. The molecule has 0 aliphatic heterocycles. The molecule has 0 saturated carbocycles. The SMILES string of the molecule is CCCN(CCNC(=O)OC(C)(C)C)CCSCC. The summed E-state index contributed by atoms with van der Waals surface area (Å²) in [5.41, 5.74) is -0.426. The quantitative estimate of drug-likeness (QED) is 0.663. The van der Waals surface area contributed by atoms with E-state index in [1.165, 1.54) is 0 Å². The minimum atomic E-state index is -0.426. The smallest absolute Gasteiger partial charge is 0.407 e. The van der Waals surface area contributed by atoms with Crippen molar-refractivity contribution >= 4 is 17.9 Å². The van der Waals surface area contributed by atoms with Crippen LogP contribution in [0.2, 0.25) is 0 Å². The van der Waals surface area contributed by atoms with Crippen LogP contribution in [0.3, 0.4) is 0 Å². The van der Waals surface area contributed by atoms with Gasteiger partial charge in [0, 0.05) is 25.4 Å². The molecule has 114 valence electrons. The number of thioether (sulfide) groups is 1. The van der Waals surface area contributed by atoms with Crippen LogP contribution in [0.5, 0.6) is 0 Å². The molecule has 0 saturated heterocycles. The molecule has 19 heavy (non-hydrogen) atoms. The van der Waals surface area contributed by atoms with Gasteiger partial charge in [-0.05, 0) is 39.5 Å². The zero-order valence-electron chi connectivity index (χ0n) is 13.1. The molecule has 0 aromatic rings. The lowest BCUT2D eigenvalue weighted by Gasteiger charge is -2.23. The van der Waals surface area contributed by atoms with Crippen molar-refractivity contribution in [1.29, 1.82) is 0 Å². The summed E-state index contributed by atoms with van der Waals surface area (Å²) in [4.78, 5) is 13.9. The Bertz CT molecular complexity index is 242. The van der Waals surface area contributed by atoms with Crippen molar-refractivity contribution in [2.24, 2.45) is 0 Å². The maximum absolute atomic E-state index is 11.5. The Balaban J connectivity index is 3.82. The number of alkyl carbamates (subject to hydrolysis) is 1. The Morgan fingerprint density at radius 2 is 1.89 bits per heavy atom. The third-order valence-electron chi connectivity index (χ3n) is 2.39. The number of nitrogens with one attached hydrogen (secondary N) is 1. The molecule has 0 aromatic carbocycles. The molecule has 4 nitrogen and oxygen atoms in total. The molecule has 0 radical (unpaired) electrons. The fourth-order valence-electron chi connectivity index (χ4n) is 1.62. The van der Waals surface area contributed by atoms with Gasteiger partial charge < -0.3 is 15.0 Å². The zero-order valence-corrected chi connectivity index (χ0v) is 13.9. The van der Waals surface area contributed by atoms with E-state index in [0.717, 1.165) is 37.6 Å². The Morgan fingerprint density at radius 1 is 1.21 bits per heavy atom. The van der Waals surface area contributed by atoms with E-state index in [2.05, 4.69) is 24.1 Å². The van der Waals surface area contributed by atoms with Gasteiger partial charge in [0.25, 0.3) is 0 Å². The largest absolute Gasteiger partial charge is 0.444 e. The second kappa shape index (κ2) is 10.4. The van der Waals surface area contributed by atoms with Gasteiger partial charge in [0.05, 0.1) is 0 Å². The van der Waals surface area contributed by atoms with E-state index in [0.29, 0.717) is 6.54 Å². The van der Waals surface area contributed by atoms with Crippen molar-refractivity contribution in [3.8, 4) is 0 Å². The molecule has 0 aromatic heterocycles. The number of carbonyl (C=O) groups excluding carboxylic acids is 1. The van der Waals surface area contributed by atoms with Crippen molar-refractivity contribution in [2.45, 2.75) is 46.6 Å². The molecular formula is C14H30N2O2S. The fraction of sp³-hybridized carbons (Fsp3) is 0.929. The summed E-state index contributed by atoms with van der Waals surface area (Å²) in [5.74, 6) is 2.32. The number of rotatable bonds is 9. The number of hydrogen-bond donors (Lipinski definition) is 1. The molecule has 0 unspecified atom stereocenters. The first-order valence-corrected chi connectivity index (χ1v) is 8.31. The highest BCUT2D eigenvalue weighted by atomic mass is 32.2. The number of ether oxygens (including phenoxy) is 1. The highest BCUT2D eigenvalue weighted by Gasteiger charge is 2.15. The number of hydrogen-bond acceptors (Lipinski definition) is 4. The molecule has 0 fully saturated rings. The summed E-state index contributed by atoms with van der Waals surface area (Å²) >= 11 is 1.96. The van der Waals surface area contributed by atoms with Crippen LogP contribution >= 0.6 is 11.8 Å². The van der Waals surface area contributed by atoms with E-state index in [1.807, 2.05) is 32.5 Å². The van der Waals surface area contributed by atoms with Crippen molar-refractivity contribution in [1.82, 2.24) is 10.2 Å². The van der Waals surface area contributed by atoms with Crippen molar-refractivity contribution < 1.29 is 9.53 Å². The van der Waals surface area contributed by atoms with Gasteiger partial charge in [0.2, 0.25) is 0 Å². The molecule has 0 aliphatic rings. The fourth-order valence-corrected chi connectivity index (χ4v) is 2.30. The normalized spacial score (nSPS) is 11.7. The summed E-state index contributed by atoms with van der Waals surface area (Å²) in [6.07, 6.45) is 0.815. The highest BCUT2D eigenvalue weighted by molar-refractivity contribution is 7.99. The van der Waals surface area contributed by atoms with Crippen LogP contribution in [-0.2, 0) is 4.74 Å². The Labute approximate surface area is 122 Å². The molecule has 1 N–H and O–H groups in total. The van der Waals surface area contributed by atoms with Gasteiger partial charge in [-0.3, -0.25) is 0 Å². The number of nitrogens with zero attached hydrogens (tertiary/aromatic N) is 1. The van der Waals surface area contributed by atoms with Gasteiger partial charge in [-0.2, -0.15) is 11.8 Å². The molecule has 0 rings (SSSR count). The van der Waals surface area contributed by atoms with Crippen LogP contribution in [-0.4, -0.2) is 54.3 Å². The lowest BCUT2D eigenvalue weighted by atomic mass is 10.2. The van der Waals surface area contributed by atoms with Crippen molar-refractivity contribution in [2.75, 3.05) is 37.7 Å². The summed E-state index contributed by atoms with van der Waals surface area (Å²) in [7, 11) is 0. The van der Waals surface area contributed by atoms with E-state index < -0.39 is 5.60 Å². The maximum Gasteiger partial charge on any atom is 0.407 e. The summed E-state index contributed by atoms with van der Waals surface area (Å²) in [6.45, 7) is 13.7. The second-order valence-corrected chi connectivity index (χ2v) is 6.86. The minimum absolute atomic E-state index is 0.327. The van der Waals surface area contributed by atoms with Crippen molar-refractivity contribution in [3.63, 3.8) is 0 Å². The predicted molar refractivity (Wildman–Crippen MR) is 84.0 cm³/mol. The molecule has 0 heterocycles. The van der Waals surface area contributed by atoms with Gasteiger partial charge >= 0.3 is 6.09 Å². The maximum atomic E-state index is 11.5. The molecule has 5 heteroatoms. The summed E-state index contributed by atoms with van der Waals surface area (Å²) < 4.78 is 5.21. The van der Waals surface area contributed by atoms with Crippen LogP contribution in [0.4, 0.5) is 4.79 Å². The van der Waals surface area contributed by atoms with Gasteiger partial charge in [-0.15, -0.1) is 0 Å². The second-order valence-electron chi connectivity index (χ2n) is 5.47. The average Bonchev–Trinajstić information content (AvgIpc) is 2.27. The Hall–Kier alpha value is -0.420. The molecule has 0 spiro atoms. The zero-order chi connectivity index (χ0) is 14.7. The number of amides is 1. The van der Waals surface area contributed by atoms with Crippen molar-refractivity contribution in [3.05, 3.63) is 0 Å². The predicted octanol–water partition coefficient (Wildman–Crippen LogP) is 2.98. The van der Waals surface area contributed by atoms with E-state index in [4.69, 9.17) is 4.74 Å². The highest BCUT2D eigenvalue weighted by Crippen LogP contribution is 2.06. The van der Waals surface area contributed by atoms with E-state index in [-0.39, 0.29) is 6.09 Å².